The fraction of sp³-hybridized carbons (Fsp3) is 0.609. The Labute approximate surface area is 168 Å². The summed E-state index contributed by atoms with van der Waals surface area (Å²) < 4.78 is 7.87. The Morgan fingerprint density at radius 2 is 2.14 bits per heavy atom. The molecule has 1 N–H and O–H groups in total. The van der Waals surface area contributed by atoms with Crippen LogP contribution in [0.5, 0.6) is 5.75 Å². The van der Waals surface area contributed by atoms with Gasteiger partial charge in [-0.15, -0.1) is 0 Å². The van der Waals surface area contributed by atoms with Crippen molar-refractivity contribution in [3.05, 3.63) is 47.3 Å². The number of hydrogen-bond acceptors (Lipinski definition) is 4. The maximum absolute atomic E-state index is 10.4. The number of aliphatic hydroxyl groups excluding tert-OH is 1. The molecule has 1 saturated carbocycles. The molecule has 5 nitrogen and oxygen atoms in total. The number of aromatic nitrogens is 2. The first-order valence-corrected chi connectivity index (χ1v) is 10.8. The lowest BCUT2D eigenvalue weighted by molar-refractivity contribution is 0.0635. The zero-order valence-electron chi connectivity index (χ0n) is 17.0. The third-order valence-corrected chi connectivity index (χ3v) is 6.33. The van der Waals surface area contributed by atoms with Gasteiger partial charge in [0.15, 0.2) is 0 Å². The summed E-state index contributed by atoms with van der Waals surface area (Å²) in [6.45, 7) is 2.79. The molecule has 1 aromatic heterocycles. The van der Waals surface area contributed by atoms with Crippen molar-refractivity contribution in [2.75, 3.05) is 19.7 Å². The van der Waals surface area contributed by atoms with Gasteiger partial charge in [0.1, 0.15) is 18.5 Å². The third kappa shape index (κ3) is 4.95. The van der Waals surface area contributed by atoms with Crippen molar-refractivity contribution in [1.29, 1.82) is 0 Å². The highest BCUT2D eigenvalue weighted by Gasteiger charge is 2.21. The molecule has 0 spiro atoms. The first-order valence-electron chi connectivity index (χ1n) is 10.8. The van der Waals surface area contributed by atoms with Crippen LogP contribution in [-0.2, 0) is 26.4 Å². The average Bonchev–Trinajstić information content (AvgIpc) is 3.35. The summed E-state index contributed by atoms with van der Waals surface area (Å²) in [5.41, 5.74) is 3.94. The summed E-state index contributed by atoms with van der Waals surface area (Å²) >= 11 is 0. The van der Waals surface area contributed by atoms with Crippen LogP contribution < -0.4 is 4.74 Å². The summed E-state index contributed by atoms with van der Waals surface area (Å²) in [5.74, 6) is 1.78. The molecule has 5 heteroatoms. The number of hydrogen-bond donors (Lipinski definition) is 1. The van der Waals surface area contributed by atoms with Crippen molar-refractivity contribution in [2.24, 2.45) is 13.0 Å². The van der Waals surface area contributed by atoms with Crippen LogP contribution >= 0.6 is 0 Å². The van der Waals surface area contributed by atoms with Crippen LogP contribution in [0.15, 0.2) is 30.5 Å². The highest BCUT2D eigenvalue weighted by molar-refractivity contribution is 5.28. The Hall–Kier alpha value is -1.85. The zero-order valence-corrected chi connectivity index (χ0v) is 17.0. The maximum atomic E-state index is 10.4. The van der Waals surface area contributed by atoms with Crippen molar-refractivity contribution in [2.45, 2.75) is 57.6 Å². The summed E-state index contributed by atoms with van der Waals surface area (Å²) in [6.07, 6.45) is 10.5. The fourth-order valence-electron chi connectivity index (χ4n) is 4.71. The number of fused-ring (bicyclic) bond motifs is 1. The van der Waals surface area contributed by atoms with Crippen molar-refractivity contribution in [3.63, 3.8) is 0 Å². The van der Waals surface area contributed by atoms with E-state index >= 15 is 0 Å². The van der Waals surface area contributed by atoms with Gasteiger partial charge in [-0.3, -0.25) is 9.58 Å². The Bertz CT molecular complexity index is 767. The second-order valence-electron chi connectivity index (χ2n) is 8.53. The minimum atomic E-state index is -0.486. The Morgan fingerprint density at radius 1 is 1.29 bits per heavy atom. The Kier molecular flexibility index (Phi) is 6.33. The molecule has 1 unspecified atom stereocenters. The molecule has 0 radical (unpaired) electrons. The average molecular weight is 384 g/mol. The first-order chi connectivity index (χ1) is 13.7. The van der Waals surface area contributed by atoms with E-state index in [9.17, 15) is 5.11 Å². The number of ether oxygens (including phenoxy) is 1. The summed E-state index contributed by atoms with van der Waals surface area (Å²) in [6, 6.07) is 8.40. The van der Waals surface area contributed by atoms with E-state index in [0.717, 1.165) is 37.6 Å². The number of rotatable bonds is 8. The van der Waals surface area contributed by atoms with Crippen molar-refractivity contribution >= 4 is 0 Å². The van der Waals surface area contributed by atoms with E-state index in [0.29, 0.717) is 13.2 Å². The SMILES string of the molecule is Cn1ncc2c1CCN(CC(O)COc1cccc(CCC3CCCC3)c1)C2. The van der Waals surface area contributed by atoms with Gasteiger partial charge in [0, 0.05) is 44.4 Å². The van der Waals surface area contributed by atoms with Crippen LogP contribution in [0.25, 0.3) is 0 Å². The molecule has 2 aliphatic rings. The lowest BCUT2D eigenvalue weighted by Gasteiger charge is -2.28. The van der Waals surface area contributed by atoms with E-state index in [2.05, 4.69) is 28.2 Å². The largest absolute Gasteiger partial charge is 0.491 e. The molecule has 1 fully saturated rings. The van der Waals surface area contributed by atoms with Gasteiger partial charge in [0.2, 0.25) is 0 Å². The van der Waals surface area contributed by atoms with E-state index in [1.165, 1.54) is 48.9 Å². The van der Waals surface area contributed by atoms with Gasteiger partial charge in [0.25, 0.3) is 0 Å². The normalized spacial score (nSPS) is 18.9. The summed E-state index contributed by atoms with van der Waals surface area (Å²) in [4.78, 5) is 2.29. The Balaban J connectivity index is 1.22. The van der Waals surface area contributed by atoms with Gasteiger partial charge in [-0.1, -0.05) is 37.8 Å². The van der Waals surface area contributed by atoms with Gasteiger partial charge in [-0.25, -0.2) is 0 Å². The molecule has 152 valence electrons. The number of aryl methyl sites for hydroxylation is 2. The van der Waals surface area contributed by atoms with Crippen LogP contribution in [0.3, 0.4) is 0 Å². The van der Waals surface area contributed by atoms with Crippen molar-refractivity contribution < 1.29 is 9.84 Å². The molecule has 1 aromatic carbocycles. The summed E-state index contributed by atoms with van der Waals surface area (Å²) in [7, 11) is 2.00. The van der Waals surface area contributed by atoms with Gasteiger partial charge >= 0.3 is 0 Å². The molecule has 1 aliphatic carbocycles. The number of nitrogens with zero attached hydrogens (tertiary/aromatic N) is 3. The predicted octanol–water partition coefficient (Wildman–Crippen LogP) is 3.34. The topological polar surface area (TPSA) is 50.5 Å². The van der Waals surface area contributed by atoms with Crippen LogP contribution in [0, 0.1) is 5.92 Å². The predicted molar refractivity (Wildman–Crippen MR) is 110 cm³/mol. The van der Waals surface area contributed by atoms with Gasteiger partial charge in [0.05, 0.1) is 6.20 Å². The van der Waals surface area contributed by atoms with Crippen LogP contribution in [0.4, 0.5) is 0 Å². The second-order valence-corrected chi connectivity index (χ2v) is 8.53. The van der Waals surface area contributed by atoms with Crippen LogP contribution in [-0.4, -0.2) is 45.6 Å². The van der Waals surface area contributed by atoms with Crippen LogP contribution in [0.1, 0.15) is 48.9 Å². The fourth-order valence-corrected chi connectivity index (χ4v) is 4.71. The van der Waals surface area contributed by atoms with Gasteiger partial charge < -0.3 is 9.84 Å². The molecule has 1 atom stereocenters. The van der Waals surface area contributed by atoms with E-state index in [4.69, 9.17) is 4.74 Å². The van der Waals surface area contributed by atoms with Crippen LogP contribution in [0.2, 0.25) is 0 Å². The first kappa shape index (κ1) is 19.5. The minimum absolute atomic E-state index is 0.336. The standard InChI is InChI=1S/C23H33N3O2/c1-25-23-11-12-26(15-20(23)14-24-25)16-21(27)17-28-22-8-4-7-19(13-22)10-9-18-5-2-3-6-18/h4,7-8,13-14,18,21,27H,2-3,5-6,9-12,15-17H2,1H3. The molecule has 1 aliphatic heterocycles. The molecule has 2 aromatic rings. The van der Waals surface area contributed by atoms with E-state index in [1.807, 2.05) is 24.0 Å². The molecular formula is C23H33N3O2. The number of benzene rings is 1. The molecule has 0 bridgehead atoms. The minimum Gasteiger partial charge on any atom is -0.491 e. The van der Waals surface area contributed by atoms with Gasteiger partial charge in [-0.2, -0.15) is 5.10 Å². The number of β-amino-alcohol motifs (C(OH)–C–C–N with tert-alkyl or cyclic N) is 1. The van der Waals surface area contributed by atoms with Crippen molar-refractivity contribution in [1.82, 2.24) is 14.7 Å². The molecule has 2 heterocycles. The highest BCUT2D eigenvalue weighted by Crippen LogP contribution is 2.29. The molecule has 28 heavy (non-hydrogen) atoms. The molecule has 0 saturated heterocycles. The third-order valence-electron chi connectivity index (χ3n) is 6.33. The monoisotopic (exact) mass is 383 g/mol. The van der Waals surface area contributed by atoms with E-state index in [1.54, 1.807) is 0 Å². The maximum Gasteiger partial charge on any atom is 0.119 e. The zero-order chi connectivity index (χ0) is 19.3. The second kappa shape index (κ2) is 9.10. The summed E-state index contributed by atoms with van der Waals surface area (Å²) in [5, 5.41) is 14.8. The van der Waals surface area contributed by atoms with E-state index in [-0.39, 0.29) is 0 Å². The molecule has 0 amide bonds. The number of aliphatic hydroxyl groups is 1. The molecule has 4 rings (SSSR count). The lowest BCUT2D eigenvalue weighted by Crippen LogP contribution is -2.39. The lowest BCUT2D eigenvalue weighted by atomic mass is 9.98. The molecular weight excluding hydrogens is 350 g/mol. The highest BCUT2D eigenvalue weighted by atomic mass is 16.5. The quantitative estimate of drug-likeness (QED) is 0.760. The van der Waals surface area contributed by atoms with Gasteiger partial charge in [-0.05, 0) is 36.5 Å². The van der Waals surface area contributed by atoms with E-state index < -0.39 is 6.10 Å². The smallest absolute Gasteiger partial charge is 0.119 e. The Morgan fingerprint density at radius 3 is 3.00 bits per heavy atom. The van der Waals surface area contributed by atoms with Crippen molar-refractivity contribution in [3.8, 4) is 5.75 Å².